The van der Waals surface area contributed by atoms with Gasteiger partial charge in [-0.25, -0.2) is 4.98 Å². The first-order chi connectivity index (χ1) is 11.0. The summed E-state index contributed by atoms with van der Waals surface area (Å²) < 4.78 is 2.85. The van der Waals surface area contributed by atoms with E-state index < -0.39 is 0 Å². The molecule has 0 saturated carbocycles. The van der Waals surface area contributed by atoms with Crippen molar-refractivity contribution in [2.75, 3.05) is 5.32 Å². The van der Waals surface area contributed by atoms with Crippen LogP contribution in [0.15, 0.2) is 23.7 Å². The molecule has 9 heteroatoms. The van der Waals surface area contributed by atoms with Crippen LogP contribution in [-0.2, 0) is 0 Å². The third-order valence-corrected chi connectivity index (χ3v) is 5.29. The van der Waals surface area contributed by atoms with E-state index in [2.05, 4.69) is 15.4 Å². The first-order valence-corrected chi connectivity index (χ1v) is 9.16. The Hall–Kier alpha value is -1.41. The monoisotopic (exact) mass is 386 g/mol. The van der Waals surface area contributed by atoms with Crippen molar-refractivity contribution in [1.29, 1.82) is 0 Å². The molecule has 0 aliphatic heterocycles. The number of rotatable bonds is 4. The van der Waals surface area contributed by atoms with Gasteiger partial charge in [-0.1, -0.05) is 23.2 Å². The van der Waals surface area contributed by atoms with Crippen LogP contribution in [0, 0.1) is 0 Å². The van der Waals surface area contributed by atoms with Gasteiger partial charge in [-0.3, -0.25) is 14.8 Å². The van der Waals surface area contributed by atoms with Gasteiger partial charge >= 0.3 is 0 Å². The molecule has 3 heterocycles. The number of amides is 1. The lowest BCUT2D eigenvalue weighted by Crippen LogP contribution is -2.18. The van der Waals surface area contributed by atoms with Crippen molar-refractivity contribution < 1.29 is 4.79 Å². The molecule has 0 saturated heterocycles. The van der Waals surface area contributed by atoms with Gasteiger partial charge in [-0.2, -0.15) is 5.10 Å². The van der Waals surface area contributed by atoms with Crippen LogP contribution in [0.4, 0.5) is 5.13 Å². The molecule has 3 aromatic rings. The van der Waals surface area contributed by atoms with Crippen LogP contribution in [0.1, 0.15) is 30.4 Å². The minimum Gasteiger partial charge on any atom is -0.296 e. The molecule has 0 aromatic carbocycles. The van der Waals surface area contributed by atoms with Gasteiger partial charge in [0.25, 0.3) is 5.91 Å². The number of nitrogens with one attached hydrogen (secondary N) is 1. The first-order valence-electron chi connectivity index (χ1n) is 6.71. The number of carbonyl (C=O) groups excluding carboxylic acids is 1. The molecule has 5 nitrogen and oxygen atoms in total. The zero-order chi connectivity index (χ0) is 16.6. The molecule has 0 aliphatic carbocycles. The van der Waals surface area contributed by atoms with Crippen molar-refractivity contribution in [3.8, 4) is 11.3 Å². The summed E-state index contributed by atoms with van der Waals surface area (Å²) >= 11 is 14.7. The van der Waals surface area contributed by atoms with Crippen LogP contribution < -0.4 is 5.32 Å². The quantitative estimate of drug-likeness (QED) is 0.669. The number of hydrogen-bond donors (Lipinski definition) is 1. The van der Waals surface area contributed by atoms with Crippen LogP contribution >= 0.6 is 45.9 Å². The summed E-state index contributed by atoms with van der Waals surface area (Å²) in [4.78, 5) is 16.8. The minimum absolute atomic E-state index is 0.101. The van der Waals surface area contributed by atoms with Crippen LogP contribution in [0.25, 0.3) is 11.3 Å². The Kier molecular flexibility index (Phi) is 4.72. The van der Waals surface area contributed by atoms with Crippen molar-refractivity contribution in [2.24, 2.45) is 0 Å². The topological polar surface area (TPSA) is 59.8 Å². The zero-order valence-corrected chi connectivity index (χ0v) is 15.4. The van der Waals surface area contributed by atoms with Gasteiger partial charge in [0.05, 0.1) is 10.0 Å². The van der Waals surface area contributed by atoms with Crippen molar-refractivity contribution in [1.82, 2.24) is 14.8 Å². The average molecular weight is 387 g/mol. The van der Waals surface area contributed by atoms with Crippen molar-refractivity contribution in [3.63, 3.8) is 0 Å². The minimum atomic E-state index is -0.244. The van der Waals surface area contributed by atoms with Gasteiger partial charge in [0.1, 0.15) is 10.0 Å². The highest BCUT2D eigenvalue weighted by Gasteiger charge is 2.17. The second-order valence-electron chi connectivity index (χ2n) is 4.98. The van der Waals surface area contributed by atoms with E-state index in [0.29, 0.717) is 25.2 Å². The molecule has 1 amide bonds. The molecular formula is C14H12Cl2N4OS2. The van der Waals surface area contributed by atoms with Crippen LogP contribution in [-0.4, -0.2) is 20.7 Å². The van der Waals surface area contributed by atoms with E-state index in [1.54, 1.807) is 23.0 Å². The van der Waals surface area contributed by atoms with E-state index >= 15 is 0 Å². The van der Waals surface area contributed by atoms with Gasteiger partial charge in [0.15, 0.2) is 5.13 Å². The highest BCUT2D eigenvalue weighted by atomic mass is 35.5. The lowest BCUT2D eigenvalue weighted by atomic mass is 10.3. The third kappa shape index (κ3) is 3.42. The highest BCUT2D eigenvalue weighted by Crippen LogP contribution is 2.39. The number of carbonyl (C=O) groups is 1. The van der Waals surface area contributed by atoms with Crippen molar-refractivity contribution in [3.05, 3.63) is 38.1 Å². The summed E-state index contributed by atoms with van der Waals surface area (Å²) in [6.45, 7) is 3.93. The van der Waals surface area contributed by atoms with E-state index in [0.717, 1.165) is 5.56 Å². The summed E-state index contributed by atoms with van der Waals surface area (Å²) in [7, 11) is 0. The number of hydrogen-bond acceptors (Lipinski definition) is 5. The summed E-state index contributed by atoms with van der Waals surface area (Å²) in [6.07, 6.45) is 1.61. The third-order valence-electron chi connectivity index (χ3n) is 3.05. The van der Waals surface area contributed by atoms with Gasteiger partial charge in [-0.15, -0.1) is 22.7 Å². The Bertz CT molecular complexity index is 853. The number of aromatic nitrogens is 3. The van der Waals surface area contributed by atoms with Crippen LogP contribution in [0.5, 0.6) is 0 Å². The summed E-state index contributed by atoms with van der Waals surface area (Å²) in [5, 5.41) is 9.28. The second kappa shape index (κ2) is 6.60. The molecule has 0 bridgehead atoms. The molecule has 23 heavy (non-hydrogen) atoms. The molecule has 3 aromatic heterocycles. The zero-order valence-electron chi connectivity index (χ0n) is 12.2. The molecule has 1 N–H and O–H groups in total. The largest absolute Gasteiger partial charge is 0.296 e. The first kappa shape index (κ1) is 16.4. The van der Waals surface area contributed by atoms with Gasteiger partial charge in [0, 0.05) is 23.2 Å². The standard InChI is InChI=1S/C14H12Cl2N4OS2/c1-7(2)20-10(3-4-17-20)13(21)19-14-18-9(6-22-14)8-5-11(15)23-12(8)16/h3-7H,1-2H3,(H,18,19,21). The SMILES string of the molecule is CC(C)n1nccc1C(=O)Nc1nc(-c2cc(Cl)sc2Cl)cs1. The van der Waals surface area contributed by atoms with E-state index in [-0.39, 0.29) is 11.9 Å². The molecule has 0 radical (unpaired) electrons. The fraction of sp³-hybridized carbons (Fsp3) is 0.214. The molecule has 0 unspecified atom stereocenters. The number of halogens is 2. The Balaban J connectivity index is 1.80. The number of nitrogens with zero attached hydrogens (tertiary/aromatic N) is 3. The van der Waals surface area contributed by atoms with Crippen LogP contribution in [0.2, 0.25) is 8.67 Å². The molecule has 0 aliphatic rings. The average Bonchev–Trinajstić information content (AvgIpc) is 3.18. The van der Waals surface area contributed by atoms with Gasteiger partial charge < -0.3 is 0 Å². The maximum absolute atomic E-state index is 12.4. The van der Waals surface area contributed by atoms with E-state index in [1.807, 2.05) is 19.2 Å². The lowest BCUT2D eigenvalue weighted by molar-refractivity contribution is 0.101. The van der Waals surface area contributed by atoms with Gasteiger partial charge in [-0.05, 0) is 26.0 Å². The Morgan fingerprint density at radius 2 is 2.17 bits per heavy atom. The fourth-order valence-electron chi connectivity index (χ4n) is 2.04. The van der Waals surface area contributed by atoms with E-state index in [4.69, 9.17) is 23.2 Å². The van der Waals surface area contributed by atoms with E-state index in [9.17, 15) is 4.79 Å². The summed E-state index contributed by atoms with van der Waals surface area (Å²) in [5.41, 5.74) is 1.95. The smallest absolute Gasteiger partial charge is 0.275 e. The maximum Gasteiger partial charge on any atom is 0.275 e. The predicted octanol–water partition coefficient (Wildman–Crippen LogP) is 5.21. The molecular weight excluding hydrogens is 375 g/mol. The number of anilines is 1. The molecule has 3 rings (SSSR count). The summed E-state index contributed by atoms with van der Waals surface area (Å²) in [6, 6.07) is 3.55. The maximum atomic E-state index is 12.4. The van der Waals surface area contributed by atoms with Crippen LogP contribution in [0.3, 0.4) is 0 Å². The highest BCUT2D eigenvalue weighted by molar-refractivity contribution is 7.20. The second-order valence-corrected chi connectivity index (χ2v) is 8.13. The number of thiazole rings is 1. The Morgan fingerprint density at radius 3 is 2.83 bits per heavy atom. The Labute approximate surface area is 150 Å². The van der Waals surface area contributed by atoms with Crippen molar-refractivity contribution in [2.45, 2.75) is 19.9 Å². The Morgan fingerprint density at radius 1 is 1.39 bits per heavy atom. The van der Waals surface area contributed by atoms with Gasteiger partial charge in [0.2, 0.25) is 0 Å². The number of thiophene rings is 1. The fourth-order valence-corrected chi connectivity index (χ4v) is 4.22. The van der Waals surface area contributed by atoms with E-state index in [1.165, 1.54) is 22.7 Å². The molecule has 0 spiro atoms. The lowest BCUT2D eigenvalue weighted by Gasteiger charge is -2.09. The predicted molar refractivity (Wildman–Crippen MR) is 96.0 cm³/mol. The van der Waals surface area contributed by atoms with Crippen molar-refractivity contribution >= 4 is 56.9 Å². The molecule has 0 fully saturated rings. The molecule has 0 atom stereocenters. The summed E-state index contributed by atoms with van der Waals surface area (Å²) in [5.74, 6) is -0.244. The normalized spacial score (nSPS) is 11.2. The molecule has 120 valence electrons.